The molecule has 7 nitrogen and oxygen atoms in total. The molecule has 3 atom stereocenters. The highest BCUT2D eigenvalue weighted by Crippen LogP contribution is 2.31. The van der Waals surface area contributed by atoms with Gasteiger partial charge in [0.15, 0.2) is 9.84 Å². The Bertz CT molecular complexity index is 522. The third-order valence-electron chi connectivity index (χ3n) is 3.75. The van der Waals surface area contributed by atoms with E-state index in [-0.39, 0.29) is 16.9 Å². The molecule has 21 heavy (non-hydrogen) atoms. The van der Waals surface area contributed by atoms with Crippen LogP contribution in [-0.2, 0) is 14.6 Å². The highest BCUT2D eigenvalue weighted by atomic mass is 32.2. The number of nitrogens with zero attached hydrogens (tertiary/aromatic N) is 1. The molecule has 0 aromatic carbocycles. The molecule has 0 radical (unpaired) electrons. The van der Waals surface area contributed by atoms with Crippen LogP contribution in [0.4, 0.5) is 4.79 Å². The van der Waals surface area contributed by atoms with E-state index < -0.39 is 33.9 Å². The summed E-state index contributed by atoms with van der Waals surface area (Å²) < 4.78 is 23.2. The monoisotopic (exact) mass is 336 g/mol. The molecule has 3 unspecified atom stereocenters. The molecular weight excluding hydrogens is 316 g/mol. The van der Waals surface area contributed by atoms with E-state index in [1.807, 2.05) is 6.92 Å². The van der Waals surface area contributed by atoms with Crippen molar-refractivity contribution in [2.45, 2.75) is 43.6 Å². The summed E-state index contributed by atoms with van der Waals surface area (Å²) in [5, 5.41) is 11.7. The van der Waals surface area contributed by atoms with Crippen molar-refractivity contribution in [3.63, 3.8) is 0 Å². The predicted octanol–water partition coefficient (Wildman–Crippen LogP) is 0.511. The minimum absolute atomic E-state index is 0.0613. The highest BCUT2D eigenvalue weighted by Gasteiger charge is 2.41. The summed E-state index contributed by atoms with van der Waals surface area (Å²) in [7, 11) is -3.10. The van der Waals surface area contributed by atoms with Crippen LogP contribution in [0.15, 0.2) is 0 Å². The number of hydrogen-bond acceptors (Lipinski definition) is 5. The smallest absolute Gasteiger partial charge is 0.327 e. The third kappa shape index (κ3) is 3.82. The van der Waals surface area contributed by atoms with Gasteiger partial charge in [-0.25, -0.2) is 18.0 Å². The maximum atomic E-state index is 12.4. The lowest BCUT2D eigenvalue weighted by Gasteiger charge is -2.30. The van der Waals surface area contributed by atoms with Gasteiger partial charge in [0.25, 0.3) is 0 Å². The van der Waals surface area contributed by atoms with Crippen molar-refractivity contribution >= 4 is 33.6 Å². The Morgan fingerprint density at radius 2 is 2.14 bits per heavy atom. The molecule has 120 valence electrons. The van der Waals surface area contributed by atoms with Gasteiger partial charge in [0.2, 0.25) is 0 Å². The second kappa shape index (κ2) is 6.43. The van der Waals surface area contributed by atoms with Crippen LogP contribution in [-0.4, -0.2) is 65.1 Å². The van der Waals surface area contributed by atoms with Crippen LogP contribution in [0.25, 0.3) is 0 Å². The summed E-state index contributed by atoms with van der Waals surface area (Å²) in [4.78, 5) is 24.9. The minimum atomic E-state index is -3.10. The van der Waals surface area contributed by atoms with E-state index in [4.69, 9.17) is 0 Å². The van der Waals surface area contributed by atoms with Crippen LogP contribution in [0.3, 0.4) is 0 Å². The average molecular weight is 336 g/mol. The van der Waals surface area contributed by atoms with Crippen molar-refractivity contribution in [2.75, 3.05) is 17.3 Å². The van der Waals surface area contributed by atoms with E-state index in [0.29, 0.717) is 25.0 Å². The number of amides is 2. The Morgan fingerprint density at radius 1 is 1.43 bits per heavy atom. The largest absolute Gasteiger partial charge is 0.480 e. The van der Waals surface area contributed by atoms with Gasteiger partial charge in [0.05, 0.1) is 16.9 Å². The Kier molecular flexibility index (Phi) is 5.03. The molecule has 2 N–H and O–H groups in total. The van der Waals surface area contributed by atoms with Crippen molar-refractivity contribution in [1.82, 2.24) is 10.2 Å². The van der Waals surface area contributed by atoms with Gasteiger partial charge in [-0.3, -0.25) is 4.90 Å². The van der Waals surface area contributed by atoms with Crippen LogP contribution in [0, 0.1) is 0 Å². The van der Waals surface area contributed by atoms with Gasteiger partial charge in [-0.05, 0) is 19.3 Å². The normalized spacial score (nSPS) is 31.9. The number of carboxylic acids is 1. The number of carbonyl (C=O) groups is 2. The van der Waals surface area contributed by atoms with Gasteiger partial charge in [-0.1, -0.05) is 6.92 Å². The Balaban J connectivity index is 2.05. The van der Waals surface area contributed by atoms with Crippen molar-refractivity contribution < 1.29 is 23.1 Å². The number of aliphatic carboxylic acids is 1. The Morgan fingerprint density at radius 3 is 2.71 bits per heavy atom. The minimum Gasteiger partial charge on any atom is -0.480 e. The molecule has 2 amide bonds. The van der Waals surface area contributed by atoms with Crippen LogP contribution in [0.1, 0.15) is 26.2 Å². The van der Waals surface area contributed by atoms with Crippen molar-refractivity contribution in [2.24, 2.45) is 0 Å². The molecule has 0 bridgehead atoms. The van der Waals surface area contributed by atoms with Crippen LogP contribution >= 0.6 is 11.8 Å². The molecule has 0 aromatic heterocycles. The van der Waals surface area contributed by atoms with Crippen molar-refractivity contribution in [3.05, 3.63) is 0 Å². The summed E-state index contributed by atoms with van der Waals surface area (Å²) >= 11 is 1.44. The van der Waals surface area contributed by atoms with Gasteiger partial charge in [-0.15, -0.1) is 11.8 Å². The molecular formula is C12H20N2O5S2. The molecule has 0 saturated carbocycles. The highest BCUT2D eigenvalue weighted by molar-refractivity contribution is 8.00. The summed E-state index contributed by atoms with van der Waals surface area (Å²) in [6.07, 6.45) is 1.80. The Labute approximate surface area is 128 Å². The van der Waals surface area contributed by atoms with Gasteiger partial charge >= 0.3 is 12.0 Å². The fraction of sp³-hybridized carbons (Fsp3) is 0.833. The molecule has 0 aliphatic carbocycles. The molecule has 2 fully saturated rings. The predicted molar refractivity (Wildman–Crippen MR) is 80.0 cm³/mol. The lowest BCUT2D eigenvalue weighted by molar-refractivity contribution is -0.141. The molecule has 0 aromatic rings. The SMILES string of the molecule is CCC1SCC(C(=O)O)N1C(=O)NC1CCCS(=O)(=O)C1. The zero-order valence-electron chi connectivity index (χ0n) is 11.8. The standard InChI is InChI=1S/C12H20N2O5S2/c1-2-10-14(9(6-20-10)11(15)16)12(17)13-8-4-3-5-21(18,19)7-8/h8-10H,2-7H2,1H3,(H,13,17)(H,15,16). The third-order valence-corrected chi connectivity index (χ3v) is 7.03. The number of urea groups is 1. The molecule has 0 spiro atoms. The van der Waals surface area contributed by atoms with E-state index in [2.05, 4.69) is 5.32 Å². The van der Waals surface area contributed by atoms with E-state index >= 15 is 0 Å². The maximum Gasteiger partial charge on any atom is 0.327 e. The summed E-state index contributed by atoms with van der Waals surface area (Å²) in [6.45, 7) is 1.90. The number of carbonyl (C=O) groups excluding carboxylic acids is 1. The van der Waals surface area contributed by atoms with Gasteiger partial charge < -0.3 is 10.4 Å². The number of hydrogen-bond donors (Lipinski definition) is 2. The number of sulfone groups is 1. The zero-order chi connectivity index (χ0) is 15.6. The van der Waals surface area contributed by atoms with Crippen LogP contribution < -0.4 is 5.32 Å². The first-order valence-electron chi connectivity index (χ1n) is 6.97. The lowest BCUT2D eigenvalue weighted by Crippen LogP contribution is -2.54. The van der Waals surface area contributed by atoms with E-state index in [1.165, 1.54) is 16.7 Å². The zero-order valence-corrected chi connectivity index (χ0v) is 13.5. The quantitative estimate of drug-likeness (QED) is 0.778. The first-order chi connectivity index (χ1) is 9.84. The molecule has 9 heteroatoms. The number of carboxylic acid groups (broad SMARTS) is 1. The lowest BCUT2D eigenvalue weighted by atomic mass is 10.2. The molecule has 2 saturated heterocycles. The van der Waals surface area contributed by atoms with E-state index in [1.54, 1.807) is 0 Å². The second-order valence-electron chi connectivity index (χ2n) is 5.36. The fourth-order valence-corrected chi connectivity index (χ4v) is 5.71. The van der Waals surface area contributed by atoms with Gasteiger partial charge in [-0.2, -0.15) is 0 Å². The molecule has 2 rings (SSSR count). The van der Waals surface area contributed by atoms with Crippen molar-refractivity contribution in [1.29, 1.82) is 0 Å². The summed E-state index contributed by atoms with van der Waals surface area (Å²) in [5.74, 6) is -0.558. The van der Waals surface area contributed by atoms with Gasteiger partial charge in [0, 0.05) is 11.8 Å². The topological polar surface area (TPSA) is 104 Å². The molecule has 2 aliphatic rings. The van der Waals surface area contributed by atoms with Crippen molar-refractivity contribution in [3.8, 4) is 0 Å². The Hall–Kier alpha value is -0.960. The fourth-order valence-electron chi connectivity index (χ4n) is 2.73. The van der Waals surface area contributed by atoms with E-state index in [9.17, 15) is 23.1 Å². The maximum absolute atomic E-state index is 12.4. The number of nitrogens with one attached hydrogen (secondary N) is 1. The molecule has 2 aliphatic heterocycles. The average Bonchev–Trinajstić information content (AvgIpc) is 2.81. The van der Waals surface area contributed by atoms with Crippen LogP contribution in [0.2, 0.25) is 0 Å². The van der Waals surface area contributed by atoms with Gasteiger partial charge in [0.1, 0.15) is 6.04 Å². The first kappa shape index (κ1) is 16.4. The summed E-state index contributed by atoms with van der Waals surface area (Å²) in [5.41, 5.74) is 0. The first-order valence-corrected chi connectivity index (χ1v) is 9.84. The summed E-state index contributed by atoms with van der Waals surface area (Å²) in [6, 6.07) is -1.74. The second-order valence-corrected chi connectivity index (χ2v) is 8.80. The molecule has 2 heterocycles. The van der Waals surface area contributed by atoms with Crippen LogP contribution in [0.5, 0.6) is 0 Å². The van der Waals surface area contributed by atoms with E-state index in [0.717, 1.165) is 0 Å². The number of rotatable bonds is 3. The number of thioether (sulfide) groups is 1.